The van der Waals surface area contributed by atoms with Gasteiger partial charge < -0.3 is 24.0 Å². The van der Waals surface area contributed by atoms with Crippen molar-refractivity contribution in [1.82, 2.24) is 9.97 Å². The first-order valence-corrected chi connectivity index (χ1v) is 9.18. The molecular weight excluding hydrogens is 344 g/mol. The standard InChI is InChI=1S/C20H26N4O3/c1-23(2)14-7-5-13(6-8-14)15-9-10-21-20(22-15)24(3)16-11-26-19-17(25-4)12-27-18(16)19/h5-10,16-19H,11-12H2,1-4H3/t16-,17+,18+,19+/m0/s1. The molecule has 7 nitrogen and oxygen atoms in total. The van der Waals surface area contributed by atoms with Gasteiger partial charge in [-0.15, -0.1) is 0 Å². The molecule has 2 fully saturated rings. The molecule has 0 bridgehead atoms. The quantitative estimate of drug-likeness (QED) is 0.796. The van der Waals surface area contributed by atoms with Crippen molar-refractivity contribution in [3.8, 4) is 11.3 Å². The molecule has 4 atom stereocenters. The predicted molar refractivity (Wildman–Crippen MR) is 104 cm³/mol. The number of methoxy groups -OCH3 is 1. The van der Waals surface area contributed by atoms with Crippen LogP contribution in [0.4, 0.5) is 11.6 Å². The van der Waals surface area contributed by atoms with Gasteiger partial charge in [-0.3, -0.25) is 0 Å². The third kappa shape index (κ3) is 3.38. The van der Waals surface area contributed by atoms with E-state index in [-0.39, 0.29) is 24.4 Å². The first-order chi connectivity index (χ1) is 13.1. The molecule has 0 amide bonds. The van der Waals surface area contributed by atoms with E-state index in [9.17, 15) is 0 Å². The summed E-state index contributed by atoms with van der Waals surface area (Å²) in [7, 11) is 7.75. The molecule has 0 spiro atoms. The van der Waals surface area contributed by atoms with E-state index in [4.69, 9.17) is 19.2 Å². The van der Waals surface area contributed by atoms with Gasteiger partial charge in [0.05, 0.1) is 24.9 Å². The van der Waals surface area contributed by atoms with Gasteiger partial charge >= 0.3 is 0 Å². The SMILES string of the molecule is CO[C@@H]1CO[C@H]2[C@@H]1OC[C@@H]2N(C)c1nccc(-c2ccc(N(C)C)cc2)n1. The summed E-state index contributed by atoms with van der Waals surface area (Å²) in [5.74, 6) is 0.669. The smallest absolute Gasteiger partial charge is 0.226 e. The molecule has 1 aromatic carbocycles. The molecule has 144 valence electrons. The highest BCUT2D eigenvalue weighted by Crippen LogP contribution is 2.32. The largest absolute Gasteiger partial charge is 0.378 e. The summed E-state index contributed by atoms with van der Waals surface area (Å²) in [5, 5.41) is 0. The molecule has 2 aromatic rings. The average Bonchev–Trinajstić information content (AvgIpc) is 3.29. The Morgan fingerprint density at radius 3 is 2.44 bits per heavy atom. The lowest BCUT2D eigenvalue weighted by molar-refractivity contribution is -0.00783. The van der Waals surface area contributed by atoms with E-state index in [1.807, 2.05) is 27.2 Å². The summed E-state index contributed by atoms with van der Waals surface area (Å²) in [6, 6.07) is 10.4. The molecule has 1 aromatic heterocycles. The van der Waals surface area contributed by atoms with Gasteiger partial charge in [-0.05, 0) is 18.2 Å². The zero-order valence-electron chi connectivity index (χ0n) is 16.2. The van der Waals surface area contributed by atoms with Crippen molar-refractivity contribution in [1.29, 1.82) is 0 Å². The van der Waals surface area contributed by atoms with Crippen molar-refractivity contribution in [3.05, 3.63) is 36.5 Å². The maximum atomic E-state index is 5.93. The third-order valence-electron chi connectivity index (χ3n) is 5.42. The van der Waals surface area contributed by atoms with Gasteiger partial charge in [0.1, 0.15) is 18.3 Å². The Morgan fingerprint density at radius 1 is 1.00 bits per heavy atom. The highest BCUT2D eigenvalue weighted by molar-refractivity contribution is 5.63. The van der Waals surface area contributed by atoms with Crippen LogP contribution in [-0.4, -0.2) is 75.8 Å². The van der Waals surface area contributed by atoms with Crippen LogP contribution in [0.5, 0.6) is 0 Å². The molecule has 2 aliphatic rings. The van der Waals surface area contributed by atoms with Crippen molar-refractivity contribution >= 4 is 11.6 Å². The second-order valence-corrected chi connectivity index (χ2v) is 7.23. The number of fused-ring (bicyclic) bond motifs is 1. The minimum absolute atomic E-state index is 0.00383. The molecule has 27 heavy (non-hydrogen) atoms. The molecule has 2 saturated heterocycles. The number of rotatable bonds is 5. The zero-order valence-corrected chi connectivity index (χ0v) is 16.2. The van der Waals surface area contributed by atoms with Crippen LogP contribution in [0, 0.1) is 0 Å². The van der Waals surface area contributed by atoms with Crippen LogP contribution in [0.1, 0.15) is 0 Å². The Balaban J connectivity index is 1.54. The van der Waals surface area contributed by atoms with Crippen LogP contribution in [0.15, 0.2) is 36.5 Å². The molecule has 7 heteroatoms. The van der Waals surface area contributed by atoms with Gasteiger partial charge in [-0.1, -0.05) is 12.1 Å². The minimum atomic E-state index is -0.0239. The lowest BCUT2D eigenvalue weighted by Crippen LogP contribution is -2.43. The van der Waals surface area contributed by atoms with Crippen LogP contribution in [-0.2, 0) is 14.2 Å². The van der Waals surface area contributed by atoms with Crippen molar-refractivity contribution < 1.29 is 14.2 Å². The number of likely N-dealkylation sites (N-methyl/N-ethyl adjacent to an activating group) is 1. The second-order valence-electron chi connectivity index (χ2n) is 7.23. The fourth-order valence-electron chi connectivity index (χ4n) is 3.74. The van der Waals surface area contributed by atoms with Crippen LogP contribution < -0.4 is 9.80 Å². The molecule has 0 radical (unpaired) electrons. The summed E-state index contributed by atoms with van der Waals surface area (Å²) in [5.41, 5.74) is 3.12. The van der Waals surface area contributed by atoms with E-state index < -0.39 is 0 Å². The normalized spacial score (nSPS) is 26.8. The molecule has 0 unspecified atom stereocenters. The topological polar surface area (TPSA) is 60.0 Å². The van der Waals surface area contributed by atoms with Crippen molar-refractivity contribution in [2.45, 2.75) is 24.4 Å². The Kier molecular flexibility index (Phi) is 4.99. The van der Waals surface area contributed by atoms with Gasteiger partial charge in [-0.2, -0.15) is 0 Å². The van der Waals surface area contributed by atoms with E-state index in [0.29, 0.717) is 19.2 Å². The monoisotopic (exact) mass is 370 g/mol. The van der Waals surface area contributed by atoms with Crippen molar-refractivity contribution in [2.24, 2.45) is 0 Å². The molecule has 2 aliphatic heterocycles. The van der Waals surface area contributed by atoms with Crippen LogP contribution in [0.25, 0.3) is 11.3 Å². The second kappa shape index (κ2) is 7.42. The lowest BCUT2D eigenvalue weighted by atomic mass is 10.1. The number of hydrogen-bond acceptors (Lipinski definition) is 7. The van der Waals surface area contributed by atoms with E-state index in [2.05, 4.69) is 39.0 Å². The average molecular weight is 370 g/mol. The van der Waals surface area contributed by atoms with E-state index in [1.165, 1.54) is 0 Å². The van der Waals surface area contributed by atoms with Crippen molar-refractivity contribution in [3.63, 3.8) is 0 Å². The number of nitrogens with zero attached hydrogens (tertiary/aromatic N) is 4. The summed E-state index contributed by atoms with van der Waals surface area (Å²) in [6.07, 6.45) is 1.75. The number of ether oxygens (including phenoxy) is 3. The maximum absolute atomic E-state index is 5.93. The van der Waals surface area contributed by atoms with E-state index in [1.54, 1.807) is 13.3 Å². The summed E-state index contributed by atoms with van der Waals surface area (Å²) in [4.78, 5) is 13.4. The number of benzene rings is 1. The highest BCUT2D eigenvalue weighted by Gasteiger charge is 2.49. The predicted octanol–water partition coefficient (Wildman–Crippen LogP) is 1.83. The lowest BCUT2D eigenvalue weighted by Gasteiger charge is -2.27. The first kappa shape index (κ1) is 18.2. The maximum Gasteiger partial charge on any atom is 0.226 e. The zero-order chi connectivity index (χ0) is 19.0. The summed E-state index contributed by atoms with van der Waals surface area (Å²) >= 11 is 0. The van der Waals surface area contributed by atoms with Crippen LogP contribution in [0.2, 0.25) is 0 Å². The Labute approximate surface area is 159 Å². The molecular formula is C20H26N4O3. The van der Waals surface area contributed by atoms with E-state index >= 15 is 0 Å². The van der Waals surface area contributed by atoms with Crippen LogP contribution in [0.3, 0.4) is 0 Å². The van der Waals surface area contributed by atoms with Gasteiger partial charge in [-0.25, -0.2) is 9.97 Å². The Hall–Kier alpha value is -2.22. The number of aromatic nitrogens is 2. The minimum Gasteiger partial charge on any atom is -0.378 e. The molecule has 3 heterocycles. The Bertz CT molecular complexity index is 783. The number of anilines is 2. The van der Waals surface area contributed by atoms with Gasteiger partial charge in [0, 0.05) is 45.7 Å². The third-order valence-corrected chi connectivity index (χ3v) is 5.42. The van der Waals surface area contributed by atoms with Gasteiger partial charge in [0.15, 0.2) is 0 Å². The summed E-state index contributed by atoms with van der Waals surface area (Å²) in [6.45, 7) is 1.14. The van der Waals surface area contributed by atoms with Gasteiger partial charge in [0.25, 0.3) is 0 Å². The fourth-order valence-corrected chi connectivity index (χ4v) is 3.74. The van der Waals surface area contributed by atoms with Crippen molar-refractivity contribution in [2.75, 3.05) is 51.3 Å². The van der Waals surface area contributed by atoms with E-state index in [0.717, 1.165) is 16.9 Å². The molecule has 4 rings (SSSR count). The molecule has 0 aliphatic carbocycles. The van der Waals surface area contributed by atoms with Crippen LogP contribution >= 0.6 is 0 Å². The fraction of sp³-hybridized carbons (Fsp3) is 0.500. The van der Waals surface area contributed by atoms with Gasteiger partial charge in [0.2, 0.25) is 5.95 Å². The Morgan fingerprint density at radius 2 is 1.74 bits per heavy atom. The molecule has 0 N–H and O–H groups in total. The molecule has 0 saturated carbocycles. The highest BCUT2D eigenvalue weighted by atomic mass is 16.6. The summed E-state index contributed by atoms with van der Waals surface area (Å²) < 4.78 is 17.3. The number of hydrogen-bond donors (Lipinski definition) is 0. The first-order valence-electron chi connectivity index (χ1n) is 9.18.